The van der Waals surface area contributed by atoms with Gasteiger partial charge in [0.05, 0.1) is 21.5 Å². The van der Waals surface area contributed by atoms with Crippen LogP contribution in [0.4, 0.5) is 0 Å². The van der Waals surface area contributed by atoms with Gasteiger partial charge in [0.15, 0.2) is 0 Å². The maximum Gasteiger partial charge on any atom is 0.252 e. The molecule has 0 radical (unpaired) electrons. The molecule has 182 valence electrons. The monoisotopic (exact) mass is 524 g/mol. The minimum absolute atomic E-state index is 0. The van der Waals surface area contributed by atoms with Crippen LogP contribution >= 0.6 is 24.0 Å². The highest BCUT2D eigenvalue weighted by atomic mass is 35.5. The summed E-state index contributed by atoms with van der Waals surface area (Å²) in [5.74, 6) is -1.28. The summed E-state index contributed by atoms with van der Waals surface area (Å²) in [6.07, 6.45) is 0.878. The number of aryl methyl sites for hydroxylation is 1. The largest absolute Gasteiger partial charge is 0.507 e. The van der Waals surface area contributed by atoms with Crippen molar-refractivity contribution in [2.75, 3.05) is 13.1 Å². The molecule has 0 aromatic heterocycles. The van der Waals surface area contributed by atoms with Crippen molar-refractivity contribution >= 4 is 39.8 Å². The summed E-state index contributed by atoms with van der Waals surface area (Å²) in [5.41, 5.74) is 6.66. The molecule has 0 spiro atoms. The first-order valence-corrected chi connectivity index (χ1v) is 12.2. The number of carbonyl (C=O) groups is 1. The quantitative estimate of drug-likeness (QED) is 0.299. The Morgan fingerprint density at radius 3 is 2.35 bits per heavy atom. The van der Waals surface area contributed by atoms with Gasteiger partial charge in [-0.1, -0.05) is 35.9 Å². The number of halogens is 2. The van der Waals surface area contributed by atoms with Gasteiger partial charge in [0.1, 0.15) is 5.75 Å². The van der Waals surface area contributed by atoms with Crippen LogP contribution in [0.5, 0.6) is 5.75 Å². The molecule has 3 rings (SSSR count). The third kappa shape index (κ3) is 6.94. The lowest BCUT2D eigenvalue weighted by Gasteiger charge is -2.12. The number of amides is 1. The van der Waals surface area contributed by atoms with Crippen LogP contribution in [-0.4, -0.2) is 37.6 Å². The Morgan fingerprint density at radius 1 is 1.03 bits per heavy atom. The summed E-state index contributed by atoms with van der Waals surface area (Å²) in [4.78, 5) is 11.4. The fourth-order valence-corrected chi connectivity index (χ4v) is 4.82. The summed E-state index contributed by atoms with van der Waals surface area (Å²) in [6.45, 7) is 1.08. The van der Waals surface area contributed by atoms with Gasteiger partial charge in [-0.05, 0) is 73.0 Å². The number of aliphatic hydroxyl groups is 1. The van der Waals surface area contributed by atoms with Gasteiger partial charge in [-0.25, -0.2) is 8.42 Å². The van der Waals surface area contributed by atoms with Crippen LogP contribution in [0.1, 0.15) is 34.0 Å². The van der Waals surface area contributed by atoms with Gasteiger partial charge in [0, 0.05) is 11.6 Å². The molecule has 0 unspecified atom stereocenters. The van der Waals surface area contributed by atoms with E-state index in [1.807, 2.05) is 6.07 Å². The van der Waals surface area contributed by atoms with Gasteiger partial charge in [-0.3, -0.25) is 4.79 Å². The molecule has 0 bridgehead atoms. The van der Waals surface area contributed by atoms with Crippen LogP contribution in [0.2, 0.25) is 5.02 Å². The number of sulfone groups is 1. The summed E-state index contributed by atoms with van der Waals surface area (Å²) >= 11 is 5.94. The number of hydrogen-bond acceptors (Lipinski definition) is 6. The number of nitrogens with one attached hydrogen (secondary N) is 1. The van der Waals surface area contributed by atoms with Crippen molar-refractivity contribution < 1.29 is 23.4 Å². The maximum absolute atomic E-state index is 12.9. The van der Waals surface area contributed by atoms with Crippen LogP contribution in [0.3, 0.4) is 0 Å². The number of carbonyl (C=O) groups excluding carboxylic acids is 1. The van der Waals surface area contributed by atoms with Crippen LogP contribution in [0, 0.1) is 0 Å². The van der Waals surface area contributed by atoms with Gasteiger partial charge < -0.3 is 21.3 Å². The van der Waals surface area contributed by atoms with Crippen molar-refractivity contribution in [1.82, 2.24) is 5.32 Å². The molecule has 3 aromatic rings. The van der Waals surface area contributed by atoms with Crippen molar-refractivity contribution in [2.45, 2.75) is 28.7 Å². The third-order valence-corrected chi connectivity index (χ3v) is 7.17. The average Bonchev–Trinajstić information content (AvgIpc) is 2.79. The number of aromatic hydroxyl groups is 1. The van der Waals surface area contributed by atoms with E-state index in [2.05, 4.69) is 5.32 Å². The molecular formula is C24H26Cl2N2O5S. The number of phenols is 1. The number of primary amides is 1. The Morgan fingerprint density at radius 2 is 1.71 bits per heavy atom. The SMILES string of the molecule is Cl.NC(=O)c1cc(S(=O)(=O)c2ccc(CCCNC[C@H](O)c3cccc(Cl)c3)cc2)ccc1O. The van der Waals surface area contributed by atoms with E-state index in [0.717, 1.165) is 36.1 Å². The Bertz CT molecular complexity index is 1230. The number of nitrogens with two attached hydrogens (primary N) is 1. The average molecular weight is 525 g/mol. The van der Waals surface area contributed by atoms with Gasteiger partial charge in [-0.15, -0.1) is 12.4 Å². The van der Waals surface area contributed by atoms with Crippen molar-refractivity contribution in [3.05, 3.63) is 88.4 Å². The first kappa shape index (κ1) is 27.6. The number of rotatable bonds is 10. The molecule has 0 fully saturated rings. The Kier molecular flexibility index (Phi) is 9.90. The molecule has 34 heavy (non-hydrogen) atoms. The summed E-state index contributed by atoms with van der Waals surface area (Å²) in [7, 11) is -3.87. The van der Waals surface area contributed by atoms with E-state index >= 15 is 0 Å². The standard InChI is InChI=1S/C24H25ClN2O5S.ClH/c25-18-5-1-4-17(13-18)23(29)15-27-12-2-3-16-6-8-19(9-7-16)33(31,32)20-10-11-22(28)21(14-20)24(26)30;/h1,4-11,13-14,23,27-29H,2-3,12,15H2,(H2,26,30);1H/t23-;/m0./s1. The smallest absolute Gasteiger partial charge is 0.252 e. The molecule has 0 saturated carbocycles. The zero-order valence-electron chi connectivity index (χ0n) is 18.1. The number of benzene rings is 3. The lowest BCUT2D eigenvalue weighted by molar-refractivity contribution is 0.0997. The van der Waals surface area contributed by atoms with Crippen LogP contribution in [0.25, 0.3) is 0 Å². The van der Waals surface area contributed by atoms with E-state index in [-0.39, 0.29) is 33.5 Å². The number of aliphatic hydroxyl groups excluding tert-OH is 1. The van der Waals surface area contributed by atoms with E-state index in [9.17, 15) is 23.4 Å². The predicted octanol–water partition coefficient (Wildman–Crippen LogP) is 3.65. The fraction of sp³-hybridized carbons (Fsp3) is 0.208. The first-order chi connectivity index (χ1) is 15.7. The van der Waals surface area contributed by atoms with Crippen molar-refractivity contribution in [1.29, 1.82) is 0 Å². The van der Waals surface area contributed by atoms with Crippen LogP contribution in [0.15, 0.2) is 76.5 Å². The summed E-state index contributed by atoms with van der Waals surface area (Å²) in [6, 6.07) is 17.0. The highest BCUT2D eigenvalue weighted by Crippen LogP contribution is 2.26. The zero-order valence-corrected chi connectivity index (χ0v) is 20.5. The minimum Gasteiger partial charge on any atom is -0.507 e. The molecule has 3 aromatic carbocycles. The lowest BCUT2D eigenvalue weighted by Crippen LogP contribution is -2.22. The normalized spacial score (nSPS) is 12.1. The van der Waals surface area contributed by atoms with Gasteiger partial charge in [0.25, 0.3) is 5.91 Å². The van der Waals surface area contributed by atoms with E-state index in [1.165, 1.54) is 18.2 Å². The maximum atomic E-state index is 12.9. The van der Waals surface area contributed by atoms with Gasteiger partial charge >= 0.3 is 0 Å². The van der Waals surface area contributed by atoms with Crippen LogP contribution in [-0.2, 0) is 16.3 Å². The Balaban J connectivity index is 0.00000408. The van der Waals surface area contributed by atoms with E-state index < -0.39 is 21.8 Å². The highest BCUT2D eigenvalue weighted by Gasteiger charge is 2.20. The first-order valence-electron chi connectivity index (χ1n) is 10.3. The Hall–Kier alpha value is -2.62. The van der Waals surface area contributed by atoms with Crippen molar-refractivity contribution in [2.24, 2.45) is 5.73 Å². The van der Waals surface area contributed by atoms with Gasteiger partial charge in [0.2, 0.25) is 9.84 Å². The van der Waals surface area contributed by atoms with Crippen molar-refractivity contribution in [3.8, 4) is 5.75 Å². The van der Waals surface area contributed by atoms with Crippen molar-refractivity contribution in [3.63, 3.8) is 0 Å². The molecule has 1 amide bonds. The fourth-order valence-electron chi connectivity index (χ4n) is 3.34. The zero-order chi connectivity index (χ0) is 24.0. The third-order valence-electron chi connectivity index (χ3n) is 5.17. The second-order valence-corrected chi connectivity index (χ2v) is 9.96. The molecule has 0 saturated heterocycles. The van der Waals surface area contributed by atoms with E-state index in [0.29, 0.717) is 18.1 Å². The molecule has 5 N–H and O–H groups in total. The molecule has 7 nitrogen and oxygen atoms in total. The summed E-state index contributed by atoms with van der Waals surface area (Å²) < 4.78 is 25.7. The second kappa shape index (κ2) is 12.2. The summed E-state index contributed by atoms with van der Waals surface area (Å²) in [5, 5.41) is 23.7. The molecule has 1 atom stereocenters. The van der Waals surface area contributed by atoms with E-state index in [4.69, 9.17) is 17.3 Å². The second-order valence-electron chi connectivity index (χ2n) is 7.57. The molecular weight excluding hydrogens is 499 g/mol. The predicted molar refractivity (Wildman–Crippen MR) is 133 cm³/mol. The van der Waals surface area contributed by atoms with E-state index in [1.54, 1.807) is 30.3 Å². The molecule has 10 heteroatoms. The molecule has 0 aliphatic rings. The Labute approximate surface area is 209 Å². The lowest BCUT2D eigenvalue weighted by atomic mass is 10.1. The molecule has 0 heterocycles. The highest BCUT2D eigenvalue weighted by molar-refractivity contribution is 7.91. The minimum atomic E-state index is -3.87. The van der Waals surface area contributed by atoms with Crippen LogP contribution < -0.4 is 11.1 Å². The topological polar surface area (TPSA) is 130 Å². The molecule has 0 aliphatic carbocycles. The van der Waals surface area contributed by atoms with Gasteiger partial charge in [-0.2, -0.15) is 0 Å². The number of hydrogen-bond donors (Lipinski definition) is 4. The molecule has 0 aliphatic heterocycles.